The minimum Gasteiger partial charge on any atom is -0.354 e. The van der Waals surface area contributed by atoms with Gasteiger partial charge in [-0.2, -0.15) is 0 Å². The maximum atomic E-state index is 12.7. The fraction of sp³-hybridized carbons (Fsp3) is 0.300. The molecular formula is C20H21ClN2O2. The number of carbonyl (C=O) groups excluding carboxylic acids is 2. The van der Waals surface area contributed by atoms with Crippen molar-refractivity contribution in [2.75, 3.05) is 11.4 Å². The Labute approximate surface area is 152 Å². The van der Waals surface area contributed by atoms with E-state index in [9.17, 15) is 9.59 Å². The van der Waals surface area contributed by atoms with Crippen molar-refractivity contribution in [2.24, 2.45) is 0 Å². The Hall–Kier alpha value is -2.33. The lowest BCUT2D eigenvalue weighted by atomic mass is 10.1. The van der Waals surface area contributed by atoms with Crippen molar-refractivity contribution in [3.8, 4) is 0 Å². The van der Waals surface area contributed by atoms with Crippen molar-refractivity contribution in [2.45, 2.75) is 32.2 Å². The van der Waals surface area contributed by atoms with E-state index < -0.39 is 6.04 Å². The topological polar surface area (TPSA) is 49.4 Å². The van der Waals surface area contributed by atoms with Gasteiger partial charge in [-0.15, -0.1) is 0 Å². The monoisotopic (exact) mass is 356 g/mol. The molecule has 0 saturated heterocycles. The first-order valence-corrected chi connectivity index (χ1v) is 8.90. The largest absolute Gasteiger partial charge is 0.354 e. The van der Waals surface area contributed by atoms with Crippen molar-refractivity contribution < 1.29 is 9.59 Å². The zero-order valence-electron chi connectivity index (χ0n) is 14.2. The summed E-state index contributed by atoms with van der Waals surface area (Å²) in [5, 5.41) is 3.66. The second-order valence-corrected chi connectivity index (χ2v) is 6.57. The Morgan fingerprint density at radius 1 is 1.16 bits per heavy atom. The number of nitrogens with zero attached hydrogens (tertiary/aromatic N) is 1. The van der Waals surface area contributed by atoms with Gasteiger partial charge in [0.1, 0.15) is 6.04 Å². The standard InChI is InChI=1S/C20H21ClN2O2/c1-2-19(24)23-17-6-4-3-5-15(17)13-18(23)20(25)22-12-11-14-7-9-16(21)10-8-14/h3-10,18H,2,11-13H2,1H3,(H,22,25)/t18-/m0/s1. The Bertz CT molecular complexity index is 774. The van der Waals surface area contributed by atoms with Crippen LogP contribution in [0.4, 0.5) is 5.69 Å². The van der Waals surface area contributed by atoms with E-state index in [0.29, 0.717) is 24.4 Å². The first-order valence-electron chi connectivity index (χ1n) is 8.52. The second-order valence-electron chi connectivity index (χ2n) is 6.13. The van der Waals surface area contributed by atoms with E-state index >= 15 is 0 Å². The highest BCUT2D eigenvalue weighted by Crippen LogP contribution is 2.32. The van der Waals surface area contributed by atoms with Crippen molar-refractivity contribution in [1.29, 1.82) is 0 Å². The zero-order valence-corrected chi connectivity index (χ0v) is 14.9. The number of anilines is 1. The summed E-state index contributed by atoms with van der Waals surface area (Å²) in [5.41, 5.74) is 3.01. The van der Waals surface area contributed by atoms with Gasteiger partial charge in [0.15, 0.2) is 0 Å². The van der Waals surface area contributed by atoms with Crippen LogP contribution in [0.25, 0.3) is 0 Å². The molecule has 1 heterocycles. The molecule has 25 heavy (non-hydrogen) atoms. The average molecular weight is 357 g/mol. The van der Waals surface area contributed by atoms with E-state index in [1.807, 2.05) is 55.5 Å². The van der Waals surface area contributed by atoms with Crippen LogP contribution in [-0.2, 0) is 22.4 Å². The molecule has 0 saturated carbocycles. The first-order chi connectivity index (χ1) is 12.1. The van der Waals surface area contributed by atoms with Crippen LogP contribution in [-0.4, -0.2) is 24.4 Å². The van der Waals surface area contributed by atoms with Crippen molar-refractivity contribution in [1.82, 2.24) is 5.32 Å². The molecule has 0 bridgehead atoms. The second kappa shape index (κ2) is 7.70. The lowest BCUT2D eigenvalue weighted by Gasteiger charge is -2.24. The smallest absolute Gasteiger partial charge is 0.243 e. The number of para-hydroxylation sites is 1. The number of benzene rings is 2. The average Bonchev–Trinajstić information content (AvgIpc) is 3.02. The molecule has 1 atom stereocenters. The molecule has 0 fully saturated rings. The van der Waals surface area contributed by atoms with Gasteiger partial charge >= 0.3 is 0 Å². The highest BCUT2D eigenvalue weighted by molar-refractivity contribution is 6.30. The van der Waals surface area contributed by atoms with Crippen LogP contribution in [0, 0.1) is 0 Å². The lowest BCUT2D eigenvalue weighted by molar-refractivity contribution is -0.126. The molecule has 1 aliphatic rings. The molecular weight excluding hydrogens is 336 g/mol. The van der Waals surface area contributed by atoms with Gasteiger partial charge in [-0.3, -0.25) is 14.5 Å². The van der Waals surface area contributed by atoms with E-state index in [1.54, 1.807) is 4.90 Å². The molecule has 0 aromatic heterocycles. The summed E-state index contributed by atoms with van der Waals surface area (Å²) >= 11 is 5.88. The summed E-state index contributed by atoms with van der Waals surface area (Å²) in [4.78, 5) is 26.7. The van der Waals surface area contributed by atoms with Gasteiger partial charge in [0, 0.05) is 30.1 Å². The third-order valence-corrected chi connectivity index (χ3v) is 4.73. The summed E-state index contributed by atoms with van der Waals surface area (Å²) in [7, 11) is 0. The fourth-order valence-electron chi connectivity index (χ4n) is 3.17. The van der Waals surface area contributed by atoms with Gasteiger partial charge in [0.2, 0.25) is 11.8 Å². The summed E-state index contributed by atoms with van der Waals surface area (Å²) in [6, 6.07) is 14.8. The van der Waals surface area contributed by atoms with E-state index in [0.717, 1.165) is 23.2 Å². The van der Waals surface area contributed by atoms with Crippen molar-refractivity contribution in [3.63, 3.8) is 0 Å². The van der Waals surface area contributed by atoms with Crippen LogP contribution in [0.3, 0.4) is 0 Å². The van der Waals surface area contributed by atoms with E-state index in [1.165, 1.54) is 0 Å². The molecule has 2 amide bonds. The maximum absolute atomic E-state index is 12.7. The number of rotatable bonds is 5. The summed E-state index contributed by atoms with van der Waals surface area (Å²) < 4.78 is 0. The van der Waals surface area contributed by atoms with Crippen LogP contribution in [0.2, 0.25) is 5.02 Å². The van der Waals surface area contributed by atoms with Gasteiger partial charge in [0.05, 0.1) is 0 Å². The molecule has 1 N–H and O–H groups in total. The third kappa shape index (κ3) is 3.85. The number of fused-ring (bicyclic) bond motifs is 1. The van der Waals surface area contributed by atoms with Gasteiger partial charge in [-0.1, -0.05) is 48.9 Å². The van der Waals surface area contributed by atoms with Gasteiger partial charge in [-0.25, -0.2) is 0 Å². The van der Waals surface area contributed by atoms with Gasteiger partial charge in [0.25, 0.3) is 0 Å². The van der Waals surface area contributed by atoms with E-state index in [-0.39, 0.29) is 11.8 Å². The molecule has 3 rings (SSSR count). The predicted molar refractivity (Wildman–Crippen MR) is 99.9 cm³/mol. The van der Waals surface area contributed by atoms with Gasteiger partial charge in [-0.05, 0) is 35.7 Å². The summed E-state index contributed by atoms with van der Waals surface area (Å²) in [6.45, 7) is 2.35. The Kier molecular flexibility index (Phi) is 5.39. The number of hydrogen-bond acceptors (Lipinski definition) is 2. The molecule has 5 heteroatoms. The molecule has 130 valence electrons. The predicted octanol–water partition coefficient (Wildman–Crippen LogP) is 3.37. The molecule has 0 radical (unpaired) electrons. The first kappa shape index (κ1) is 17.5. The number of hydrogen-bond donors (Lipinski definition) is 1. The van der Waals surface area contributed by atoms with E-state index in [4.69, 9.17) is 11.6 Å². The number of halogens is 1. The summed E-state index contributed by atoms with van der Waals surface area (Å²) in [6.07, 6.45) is 1.67. The Morgan fingerprint density at radius 3 is 2.60 bits per heavy atom. The molecule has 4 nitrogen and oxygen atoms in total. The number of nitrogens with one attached hydrogen (secondary N) is 1. The van der Waals surface area contributed by atoms with Crippen LogP contribution in [0.15, 0.2) is 48.5 Å². The SMILES string of the molecule is CCC(=O)N1c2ccccc2C[C@H]1C(=O)NCCc1ccc(Cl)cc1. The highest BCUT2D eigenvalue weighted by Gasteiger charge is 2.37. The number of amides is 2. The summed E-state index contributed by atoms with van der Waals surface area (Å²) in [5.74, 6) is -0.130. The molecule has 1 aliphatic heterocycles. The molecule has 2 aromatic carbocycles. The zero-order chi connectivity index (χ0) is 17.8. The number of carbonyl (C=O) groups is 2. The van der Waals surface area contributed by atoms with Crippen LogP contribution in [0.1, 0.15) is 24.5 Å². The third-order valence-electron chi connectivity index (χ3n) is 4.48. The Balaban J connectivity index is 1.65. The lowest BCUT2D eigenvalue weighted by Crippen LogP contribution is -2.48. The van der Waals surface area contributed by atoms with Crippen LogP contribution in [0.5, 0.6) is 0 Å². The molecule has 0 unspecified atom stereocenters. The van der Waals surface area contributed by atoms with Gasteiger partial charge < -0.3 is 5.32 Å². The highest BCUT2D eigenvalue weighted by atomic mass is 35.5. The van der Waals surface area contributed by atoms with E-state index in [2.05, 4.69) is 5.32 Å². The van der Waals surface area contributed by atoms with Crippen LogP contribution >= 0.6 is 11.6 Å². The fourth-order valence-corrected chi connectivity index (χ4v) is 3.30. The normalized spacial score (nSPS) is 15.8. The Morgan fingerprint density at radius 2 is 1.88 bits per heavy atom. The minimum atomic E-state index is -0.463. The molecule has 0 aliphatic carbocycles. The van der Waals surface area contributed by atoms with Crippen molar-refractivity contribution in [3.05, 3.63) is 64.7 Å². The molecule has 2 aromatic rings. The van der Waals surface area contributed by atoms with Crippen LogP contribution < -0.4 is 10.2 Å². The minimum absolute atomic E-state index is 0.0252. The molecule has 0 spiro atoms. The quantitative estimate of drug-likeness (QED) is 0.893. The van der Waals surface area contributed by atoms with Crippen molar-refractivity contribution >= 4 is 29.1 Å². The maximum Gasteiger partial charge on any atom is 0.243 e.